The number of nitrogen functional groups attached to an aromatic ring is 1. The molecule has 2 unspecified atom stereocenters. The minimum Gasteiger partial charge on any atom is -0.438 e. The van der Waals surface area contributed by atoms with Crippen LogP contribution in [0.25, 0.3) is 11.2 Å². The van der Waals surface area contributed by atoms with Crippen LogP contribution in [0.2, 0.25) is 0 Å². The lowest BCUT2D eigenvalue weighted by Gasteiger charge is -2.22. The molecule has 0 saturated carbocycles. The van der Waals surface area contributed by atoms with Gasteiger partial charge in [0.15, 0.2) is 17.5 Å². The molecule has 34 heavy (non-hydrogen) atoms. The van der Waals surface area contributed by atoms with Crippen LogP contribution in [0.4, 0.5) is 5.95 Å². The number of hydrogen-bond donors (Lipinski definition) is 2. The zero-order chi connectivity index (χ0) is 24.9. The Balaban J connectivity index is 1.67. The number of nitrogens with one attached hydrogen (secondary N) is 1. The summed E-state index contributed by atoms with van der Waals surface area (Å²) in [5, 5.41) is 0. The van der Waals surface area contributed by atoms with Crippen molar-refractivity contribution in [3.8, 4) is 5.75 Å². The number of carbonyl (C=O) groups excluding carboxylic acids is 1. The number of carbonyl (C=O) groups is 1. The number of para-hydroxylation sites is 1. The topological polar surface area (TPSA) is 161 Å². The first-order chi connectivity index (χ1) is 16.0. The Hall–Kier alpha value is -3.21. The standard InChI is InChI=1S/C21H28N5O7P/c1-14(10-26-11-23-16-17(26)24-20(22)25-18(16)27)31-13-34(29,33-15-8-6-5-7-9-15)32-12-30-19(28)21(2,3)4/h5-9,11,14H,10,12-13H2,1-4H3,(H3,22,24,25,27). The Labute approximate surface area is 195 Å². The Bertz CT molecular complexity index is 1240. The van der Waals surface area contributed by atoms with Crippen LogP contribution in [-0.4, -0.2) is 44.7 Å². The van der Waals surface area contributed by atoms with Gasteiger partial charge in [-0.1, -0.05) is 18.2 Å². The molecule has 0 radical (unpaired) electrons. The van der Waals surface area contributed by atoms with Crippen molar-refractivity contribution in [2.45, 2.75) is 40.3 Å². The monoisotopic (exact) mass is 493 g/mol. The fourth-order valence-electron chi connectivity index (χ4n) is 2.76. The average molecular weight is 493 g/mol. The van der Waals surface area contributed by atoms with E-state index in [-0.39, 0.29) is 18.0 Å². The number of ether oxygens (including phenoxy) is 2. The molecule has 0 aliphatic rings. The van der Waals surface area contributed by atoms with Crippen molar-refractivity contribution in [2.24, 2.45) is 5.41 Å². The first-order valence-corrected chi connectivity index (χ1v) is 12.2. The molecule has 1 aromatic carbocycles. The van der Waals surface area contributed by atoms with E-state index >= 15 is 0 Å². The molecule has 2 aromatic heterocycles. The SMILES string of the molecule is CC(Cn1cnc2c(=O)[nH]c(N)nc21)OCP(=O)(OCOC(=O)C(C)(C)C)Oc1ccccc1. The number of rotatable bonds is 10. The Morgan fingerprint density at radius 3 is 2.65 bits per heavy atom. The van der Waals surface area contributed by atoms with E-state index in [1.54, 1.807) is 62.6 Å². The van der Waals surface area contributed by atoms with Gasteiger partial charge in [-0.2, -0.15) is 4.98 Å². The van der Waals surface area contributed by atoms with Crippen molar-refractivity contribution in [1.82, 2.24) is 19.5 Å². The molecule has 3 N–H and O–H groups in total. The van der Waals surface area contributed by atoms with Gasteiger partial charge in [-0.3, -0.25) is 19.1 Å². The highest BCUT2D eigenvalue weighted by Gasteiger charge is 2.30. The number of anilines is 1. The normalized spacial score (nSPS) is 14.5. The molecular weight excluding hydrogens is 465 g/mol. The summed E-state index contributed by atoms with van der Waals surface area (Å²) >= 11 is 0. The van der Waals surface area contributed by atoms with E-state index < -0.39 is 43.8 Å². The highest BCUT2D eigenvalue weighted by Crippen LogP contribution is 2.48. The van der Waals surface area contributed by atoms with Crippen molar-refractivity contribution in [2.75, 3.05) is 18.9 Å². The molecule has 13 heteroatoms. The number of benzene rings is 1. The molecule has 0 aliphatic carbocycles. The summed E-state index contributed by atoms with van der Waals surface area (Å²) in [6, 6.07) is 8.45. The largest absolute Gasteiger partial charge is 0.438 e. The van der Waals surface area contributed by atoms with Crippen LogP contribution in [-0.2, 0) is 29.9 Å². The molecule has 0 spiro atoms. The first-order valence-electron chi connectivity index (χ1n) is 10.4. The highest BCUT2D eigenvalue weighted by molar-refractivity contribution is 7.54. The van der Waals surface area contributed by atoms with Crippen LogP contribution in [0.1, 0.15) is 27.7 Å². The molecule has 0 amide bonds. The molecule has 0 saturated heterocycles. The number of nitrogens with two attached hydrogens (primary N) is 1. The van der Waals surface area contributed by atoms with E-state index in [0.29, 0.717) is 11.4 Å². The molecule has 184 valence electrons. The Morgan fingerprint density at radius 2 is 1.97 bits per heavy atom. The summed E-state index contributed by atoms with van der Waals surface area (Å²) in [6.45, 7) is 6.48. The number of H-pyrrole nitrogens is 1. The molecule has 0 bridgehead atoms. The molecule has 12 nitrogen and oxygen atoms in total. The van der Waals surface area contributed by atoms with Gasteiger partial charge >= 0.3 is 13.6 Å². The first kappa shape index (κ1) is 25.4. The van der Waals surface area contributed by atoms with Gasteiger partial charge < -0.3 is 24.3 Å². The summed E-state index contributed by atoms with van der Waals surface area (Å²) in [7, 11) is -3.87. The van der Waals surface area contributed by atoms with E-state index in [2.05, 4.69) is 15.0 Å². The van der Waals surface area contributed by atoms with Crippen LogP contribution in [0.15, 0.2) is 41.5 Å². The predicted octanol–water partition coefficient (Wildman–Crippen LogP) is 2.90. The summed E-state index contributed by atoms with van der Waals surface area (Å²) in [5.74, 6) is -0.239. The maximum Gasteiger partial charge on any atom is 0.407 e. The molecule has 0 aliphatic heterocycles. The van der Waals surface area contributed by atoms with E-state index in [9.17, 15) is 14.2 Å². The maximum atomic E-state index is 13.4. The second-order valence-corrected chi connectivity index (χ2v) is 10.5. The lowest BCUT2D eigenvalue weighted by molar-refractivity contribution is -0.160. The summed E-state index contributed by atoms with van der Waals surface area (Å²) in [5.41, 5.74) is 4.87. The van der Waals surface area contributed by atoms with Gasteiger partial charge in [0.2, 0.25) is 12.7 Å². The van der Waals surface area contributed by atoms with Crippen molar-refractivity contribution in [3.05, 3.63) is 47.0 Å². The van der Waals surface area contributed by atoms with Crippen molar-refractivity contribution in [3.63, 3.8) is 0 Å². The fourth-order valence-corrected chi connectivity index (χ4v) is 4.03. The van der Waals surface area contributed by atoms with Crippen molar-refractivity contribution in [1.29, 1.82) is 0 Å². The number of aromatic nitrogens is 4. The lowest BCUT2D eigenvalue weighted by Crippen LogP contribution is -2.24. The zero-order valence-electron chi connectivity index (χ0n) is 19.4. The molecule has 3 rings (SSSR count). The minimum absolute atomic E-state index is 0.0354. The summed E-state index contributed by atoms with van der Waals surface area (Å²) in [6.07, 6.45) is 0.515. The number of esters is 1. The number of fused-ring (bicyclic) bond motifs is 1. The zero-order valence-corrected chi connectivity index (χ0v) is 20.3. The van der Waals surface area contributed by atoms with Gasteiger partial charge in [0.25, 0.3) is 5.56 Å². The molecular formula is C21H28N5O7P. The van der Waals surface area contributed by atoms with Crippen LogP contribution in [0.3, 0.4) is 0 Å². The van der Waals surface area contributed by atoms with Crippen molar-refractivity contribution >= 4 is 30.7 Å². The Kier molecular flexibility index (Phi) is 7.75. The number of aromatic amines is 1. The summed E-state index contributed by atoms with van der Waals surface area (Å²) in [4.78, 5) is 34.5. The fraction of sp³-hybridized carbons (Fsp3) is 0.429. The second-order valence-electron chi connectivity index (χ2n) is 8.57. The third kappa shape index (κ3) is 6.66. The average Bonchev–Trinajstić information content (AvgIpc) is 3.15. The molecule has 2 atom stereocenters. The number of nitrogens with zero attached hydrogens (tertiary/aromatic N) is 3. The third-order valence-corrected chi connectivity index (χ3v) is 5.96. The van der Waals surface area contributed by atoms with E-state index in [1.807, 2.05) is 0 Å². The molecule has 2 heterocycles. The molecule has 3 aromatic rings. The van der Waals surface area contributed by atoms with Crippen LogP contribution in [0.5, 0.6) is 5.75 Å². The van der Waals surface area contributed by atoms with Gasteiger partial charge in [-0.25, -0.2) is 9.55 Å². The molecule has 0 fully saturated rings. The predicted molar refractivity (Wildman–Crippen MR) is 124 cm³/mol. The van der Waals surface area contributed by atoms with Gasteiger partial charge in [-0.15, -0.1) is 0 Å². The van der Waals surface area contributed by atoms with Crippen molar-refractivity contribution < 1.29 is 27.9 Å². The quantitative estimate of drug-likeness (QED) is 0.244. The highest BCUT2D eigenvalue weighted by atomic mass is 31.2. The van der Waals surface area contributed by atoms with Crippen LogP contribution < -0.4 is 15.8 Å². The maximum absolute atomic E-state index is 13.4. The minimum atomic E-state index is -3.87. The third-order valence-electron chi connectivity index (χ3n) is 4.50. The van der Waals surface area contributed by atoms with Gasteiger partial charge in [-0.05, 0) is 39.8 Å². The van der Waals surface area contributed by atoms with Crippen LogP contribution in [0, 0.1) is 5.41 Å². The van der Waals surface area contributed by atoms with E-state index in [1.165, 1.54) is 6.33 Å². The van der Waals surface area contributed by atoms with Gasteiger partial charge in [0.05, 0.1) is 24.4 Å². The van der Waals surface area contributed by atoms with Crippen LogP contribution >= 0.6 is 7.60 Å². The van der Waals surface area contributed by atoms with Gasteiger partial charge in [0, 0.05) is 0 Å². The number of imidazole rings is 1. The van der Waals surface area contributed by atoms with E-state index in [0.717, 1.165) is 0 Å². The Morgan fingerprint density at radius 1 is 1.26 bits per heavy atom. The number of hydrogen-bond acceptors (Lipinski definition) is 10. The second kappa shape index (κ2) is 10.4. The van der Waals surface area contributed by atoms with E-state index in [4.69, 9.17) is 24.3 Å². The lowest BCUT2D eigenvalue weighted by atomic mass is 9.98. The smallest absolute Gasteiger partial charge is 0.407 e. The summed E-state index contributed by atoms with van der Waals surface area (Å²) < 4.78 is 36.7. The van der Waals surface area contributed by atoms with Gasteiger partial charge in [0.1, 0.15) is 5.75 Å².